The van der Waals surface area contributed by atoms with E-state index in [0.717, 1.165) is 25.3 Å². The van der Waals surface area contributed by atoms with Gasteiger partial charge in [0.1, 0.15) is 6.07 Å². The first-order valence-corrected chi connectivity index (χ1v) is 7.15. The fourth-order valence-corrected chi connectivity index (χ4v) is 2.88. The minimum atomic E-state index is 0.251. The molecule has 1 aliphatic heterocycles. The van der Waals surface area contributed by atoms with E-state index >= 15 is 0 Å². The van der Waals surface area contributed by atoms with Crippen LogP contribution in [0, 0.1) is 11.3 Å². The second kappa shape index (κ2) is 5.94. The molecule has 21 heavy (non-hydrogen) atoms. The summed E-state index contributed by atoms with van der Waals surface area (Å²) in [4.78, 5) is 8.84. The summed E-state index contributed by atoms with van der Waals surface area (Å²) >= 11 is 0. The molecule has 4 heteroatoms. The van der Waals surface area contributed by atoms with Gasteiger partial charge in [-0.05, 0) is 24.7 Å². The number of likely N-dealkylation sites (N-methyl/N-ethyl adjacent to an activating group) is 1. The molecule has 1 fully saturated rings. The predicted molar refractivity (Wildman–Crippen MR) is 83.0 cm³/mol. The number of pyridine rings is 1. The van der Waals surface area contributed by atoms with Crippen molar-refractivity contribution in [3.63, 3.8) is 0 Å². The van der Waals surface area contributed by atoms with E-state index in [0.29, 0.717) is 5.69 Å². The van der Waals surface area contributed by atoms with E-state index in [4.69, 9.17) is 0 Å². The Morgan fingerprint density at radius 1 is 1.14 bits per heavy atom. The molecular weight excluding hydrogens is 260 g/mol. The Hall–Kier alpha value is -2.38. The zero-order valence-corrected chi connectivity index (χ0v) is 12.1. The van der Waals surface area contributed by atoms with Crippen molar-refractivity contribution in [3.05, 3.63) is 59.9 Å². The summed E-state index contributed by atoms with van der Waals surface area (Å²) in [6.45, 7) is 2.84. The van der Waals surface area contributed by atoms with Gasteiger partial charge in [0.15, 0.2) is 5.69 Å². The van der Waals surface area contributed by atoms with Gasteiger partial charge in [-0.1, -0.05) is 30.3 Å². The van der Waals surface area contributed by atoms with Gasteiger partial charge in [0, 0.05) is 25.8 Å². The molecule has 0 amide bonds. The van der Waals surface area contributed by atoms with Crippen molar-refractivity contribution in [2.24, 2.45) is 0 Å². The van der Waals surface area contributed by atoms with Gasteiger partial charge >= 0.3 is 0 Å². The van der Waals surface area contributed by atoms with Crippen molar-refractivity contribution >= 4 is 5.69 Å². The number of hydrogen-bond acceptors (Lipinski definition) is 4. The van der Waals surface area contributed by atoms with Crippen LogP contribution in [0.4, 0.5) is 5.69 Å². The Kier molecular flexibility index (Phi) is 3.85. The molecule has 1 saturated heterocycles. The van der Waals surface area contributed by atoms with E-state index in [1.54, 1.807) is 6.20 Å². The van der Waals surface area contributed by atoms with Gasteiger partial charge in [0.25, 0.3) is 0 Å². The third-order valence-corrected chi connectivity index (χ3v) is 3.97. The molecule has 4 nitrogen and oxygen atoms in total. The normalized spacial score (nSPS) is 19.2. The molecule has 0 radical (unpaired) electrons. The van der Waals surface area contributed by atoms with Gasteiger partial charge < -0.3 is 9.80 Å². The Bertz CT molecular complexity index is 647. The van der Waals surface area contributed by atoms with Crippen molar-refractivity contribution in [1.82, 2.24) is 9.88 Å². The Morgan fingerprint density at radius 2 is 1.95 bits per heavy atom. The van der Waals surface area contributed by atoms with Crippen LogP contribution in [-0.4, -0.2) is 36.6 Å². The van der Waals surface area contributed by atoms with E-state index in [1.165, 1.54) is 5.56 Å². The SMILES string of the molecule is CN1CCN(c2cccnc2C#N)C(c2ccccc2)C1. The first-order chi connectivity index (χ1) is 10.3. The van der Waals surface area contributed by atoms with E-state index in [2.05, 4.69) is 52.2 Å². The standard InChI is InChI=1S/C17H18N4/c1-20-10-11-21(16-8-5-9-19-15(16)12-18)17(13-20)14-6-3-2-4-7-14/h2-9,17H,10-11,13H2,1H3. The lowest BCUT2D eigenvalue weighted by Gasteiger charge is -2.41. The maximum Gasteiger partial charge on any atom is 0.163 e. The number of hydrogen-bond donors (Lipinski definition) is 0. The minimum Gasteiger partial charge on any atom is -0.360 e. The van der Waals surface area contributed by atoms with Gasteiger partial charge in [-0.3, -0.25) is 0 Å². The van der Waals surface area contributed by atoms with Crippen LogP contribution in [0.5, 0.6) is 0 Å². The van der Waals surface area contributed by atoms with Crippen molar-refractivity contribution in [2.45, 2.75) is 6.04 Å². The molecule has 0 spiro atoms. The number of benzene rings is 1. The maximum atomic E-state index is 9.31. The summed E-state index contributed by atoms with van der Waals surface area (Å²) < 4.78 is 0. The molecule has 2 heterocycles. The Balaban J connectivity index is 2.01. The van der Waals surface area contributed by atoms with Gasteiger partial charge in [-0.25, -0.2) is 4.98 Å². The Labute approximate surface area is 125 Å². The number of rotatable bonds is 2. The fourth-order valence-electron chi connectivity index (χ4n) is 2.88. The highest BCUT2D eigenvalue weighted by Gasteiger charge is 2.28. The molecule has 0 aliphatic carbocycles. The largest absolute Gasteiger partial charge is 0.360 e. The summed E-state index contributed by atoms with van der Waals surface area (Å²) in [5.41, 5.74) is 2.71. The highest BCUT2D eigenvalue weighted by molar-refractivity contribution is 5.57. The van der Waals surface area contributed by atoms with Crippen LogP contribution in [0.25, 0.3) is 0 Å². The molecule has 0 bridgehead atoms. The lowest BCUT2D eigenvalue weighted by molar-refractivity contribution is 0.269. The average Bonchev–Trinajstić information content (AvgIpc) is 2.55. The fraction of sp³-hybridized carbons (Fsp3) is 0.294. The summed E-state index contributed by atoms with van der Waals surface area (Å²) in [7, 11) is 2.14. The molecule has 1 aromatic carbocycles. The number of nitrogens with zero attached hydrogens (tertiary/aromatic N) is 4. The molecule has 106 valence electrons. The van der Waals surface area contributed by atoms with Crippen molar-refractivity contribution in [3.8, 4) is 6.07 Å². The van der Waals surface area contributed by atoms with Gasteiger partial charge in [0.2, 0.25) is 0 Å². The predicted octanol–water partition coefficient (Wildman–Crippen LogP) is 2.45. The molecular formula is C17H18N4. The molecule has 3 rings (SSSR count). The average molecular weight is 278 g/mol. The summed E-state index contributed by atoms with van der Waals surface area (Å²) in [6.07, 6.45) is 1.68. The van der Waals surface area contributed by atoms with E-state index < -0.39 is 0 Å². The lowest BCUT2D eigenvalue weighted by atomic mass is 10.0. The van der Waals surface area contributed by atoms with Crippen LogP contribution in [0.1, 0.15) is 17.3 Å². The highest BCUT2D eigenvalue weighted by atomic mass is 15.3. The highest BCUT2D eigenvalue weighted by Crippen LogP contribution is 2.31. The number of piperazine rings is 1. The Morgan fingerprint density at radius 3 is 2.71 bits per heavy atom. The van der Waals surface area contributed by atoms with Crippen LogP contribution in [0.3, 0.4) is 0 Å². The summed E-state index contributed by atoms with van der Waals surface area (Å²) in [6, 6.07) is 16.8. The molecule has 1 atom stereocenters. The van der Waals surface area contributed by atoms with Gasteiger partial charge in [-0.2, -0.15) is 5.26 Å². The summed E-state index contributed by atoms with van der Waals surface area (Å²) in [5, 5.41) is 9.31. The van der Waals surface area contributed by atoms with Crippen molar-refractivity contribution < 1.29 is 0 Å². The van der Waals surface area contributed by atoms with E-state index in [9.17, 15) is 5.26 Å². The minimum absolute atomic E-state index is 0.251. The molecule has 1 aliphatic rings. The number of anilines is 1. The zero-order chi connectivity index (χ0) is 14.7. The van der Waals surface area contributed by atoms with Crippen LogP contribution in [0.2, 0.25) is 0 Å². The third kappa shape index (κ3) is 2.74. The second-order valence-corrected chi connectivity index (χ2v) is 5.37. The monoisotopic (exact) mass is 278 g/mol. The molecule has 0 N–H and O–H groups in total. The summed E-state index contributed by atoms with van der Waals surface area (Å²) in [5.74, 6) is 0. The lowest BCUT2D eigenvalue weighted by Crippen LogP contribution is -2.47. The third-order valence-electron chi connectivity index (χ3n) is 3.97. The van der Waals surface area contributed by atoms with E-state index in [1.807, 2.05) is 18.2 Å². The first-order valence-electron chi connectivity index (χ1n) is 7.15. The van der Waals surface area contributed by atoms with Crippen molar-refractivity contribution in [2.75, 3.05) is 31.6 Å². The van der Waals surface area contributed by atoms with Crippen LogP contribution in [0.15, 0.2) is 48.7 Å². The van der Waals surface area contributed by atoms with Crippen LogP contribution in [-0.2, 0) is 0 Å². The molecule has 1 aromatic heterocycles. The van der Waals surface area contributed by atoms with Crippen molar-refractivity contribution in [1.29, 1.82) is 5.26 Å². The molecule has 0 saturated carbocycles. The van der Waals surface area contributed by atoms with E-state index in [-0.39, 0.29) is 6.04 Å². The number of nitriles is 1. The van der Waals surface area contributed by atoms with Crippen LogP contribution >= 0.6 is 0 Å². The smallest absolute Gasteiger partial charge is 0.163 e. The topological polar surface area (TPSA) is 43.2 Å². The van der Waals surface area contributed by atoms with Gasteiger partial charge in [-0.15, -0.1) is 0 Å². The second-order valence-electron chi connectivity index (χ2n) is 5.37. The molecule has 2 aromatic rings. The van der Waals surface area contributed by atoms with Gasteiger partial charge in [0.05, 0.1) is 11.7 Å². The zero-order valence-electron chi connectivity index (χ0n) is 12.1. The molecule has 1 unspecified atom stereocenters. The number of aromatic nitrogens is 1. The quantitative estimate of drug-likeness (QED) is 0.846. The maximum absolute atomic E-state index is 9.31. The van der Waals surface area contributed by atoms with Crippen LogP contribution < -0.4 is 4.90 Å². The first kappa shape index (κ1) is 13.6.